The van der Waals surface area contributed by atoms with Gasteiger partial charge in [0.1, 0.15) is 0 Å². The van der Waals surface area contributed by atoms with Crippen molar-refractivity contribution >= 4 is 0 Å². The van der Waals surface area contributed by atoms with Crippen molar-refractivity contribution < 1.29 is 14.4 Å². The number of rotatable bonds is 3. The molecule has 1 aliphatic heterocycles. The lowest BCUT2D eigenvalue weighted by atomic mass is 9.99. The lowest BCUT2D eigenvalue weighted by molar-refractivity contribution is 0.0207. The molecule has 1 aromatic heterocycles. The summed E-state index contributed by atoms with van der Waals surface area (Å²) in [6.07, 6.45) is 1.77. The quantitative estimate of drug-likeness (QED) is 0.757. The van der Waals surface area contributed by atoms with Crippen molar-refractivity contribution in [3.63, 3.8) is 0 Å². The molecule has 0 spiro atoms. The minimum Gasteiger partial charge on any atom is -0.387 e. The van der Waals surface area contributed by atoms with Crippen LogP contribution in [0, 0.1) is 0 Å². The molecule has 0 amide bonds. The van der Waals surface area contributed by atoms with Gasteiger partial charge in [0.15, 0.2) is 5.82 Å². The Labute approximate surface area is 82.1 Å². The number of aryl methyl sites for hydroxylation is 1. The van der Waals surface area contributed by atoms with Crippen molar-refractivity contribution in [2.75, 3.05) is 13.2 Å². The molecule has 1 saturated heterocycles. The van der Waals surface area contributed by atoms with Crippen LogP contribution in [0.5, 0.6) is 0 Å². The Morgan fingerprint density at radius 1 is 1.57 bits per heavy atom. The Bertz CT molecular complexity index is 305. The standard InChI is InChI=1S/C9H14N2O3/c1-2-7-10-8(14-11-7)5-9(12)3-4-13-6-9/h12H,2-6H2,1H3/t9-/m0/s1. The van der Waals surface area contributed by atoms with Gasteiger partial charge in [-0.1, -0.05) is 12.1 Å². The maximum Gasteiger partial charge on any atom is 0.229 e. The number of aliphatic hydroxyl groups is 1. The Hall–Kier alpha value is -0.940. The van der Waals surface area contributed by atoms with Gasteiger partial charge in [0.2, 0.25) is 5.89 Å². The highest BCUT2D eigenvalue weighted by molar-refractivity contribution is 4.95. The third-order valence-electron chi connectivity index (χ3n) is 2.39. The maximum atomic E-state index is 9.97. The van der Waals surface area contributed by atoms with Crippen LogP contribution in [0.25, 0.3) is 0 Å². The zero-order valence-corrected chi connectivity index (χ0v) is 8.19. The van der Waals surface area contributed by atoms with E-state index in [2.05, 4.69) is 10.1 Å². The molecule has 1 aromatic rings. The van der Waals surface area contributed by atoms with E-state index in [9.17, 15) is 5.11 Å². The highest BCUT2D eigenvalue weighted by Crippen LogP contribution is 2.22. The zero-order chi connectivity index (χ0) is 10.0. The van der Waals surface area contributed by atoms with Gasteiger partial charge in [-0.05, 0) is 0 Å². The first-order chi connectivity index (χ1) is 6.72. The molecule has 0 saturated carbocycles. The highest BCUT2D eigenvalue weighted by Gasteiger charge is 2.34. The number of hydrogen-bond donors (Lipinski definition) is 1. The molecular weight excluding hydrogens is 184 g/mol. The average molecular weight is 198 g/mol. The minimum atomic E-state index is -0.808. The van der Waals surface area contributed by atoms with Gasteiger partial charge in [0, 0.05) is 19.4 Å². The van der Waals surface area contributed by atoms with Crippen LogP contribution in [0.15, 0.2) is 4.52 Å². The van der Waals surface area contributed by atoms with Gasteiger partial charge in [0.25, 0.3) is 0 Å². The van der Waals surface area contributed by atoms with Crippen molar-refractivity contribution in [3.8, 4) is 0 Å². The Balaban J connectivity index is 2.02. The van der Waals surface area contributed by atoms with E-state index in [1.54, 1.807) is 0 Å². The van der Waals surface area contributed by atoms with Crippen LogP contribution >= 0.6 is 0 Å². The fourth-order valence-electron chi connectivity index (χ4n) is 1.52. The second-order valence-corrected chi connectivity index (χ2v) is 3.66. The Kier molecular flexibility index (Phi) is 2.52. The Morgan fingerprint density at radius 2 is 2.43 bits per heavy atom. The molecule has 0 aromatic carbocycles. The molecule has 5 heteroatoms. The normalized spacial score (nSPS) is 27.0. The van der Waals surface area contributed by atoms with E-state index in [4.69, 9.17) is 9.26 Å². The summed E-state index contributed by atoms with van der Waals surface area (Å²) in [6, 6.07) is 0. The van der Waals surface area contributed by atoms with E-state index in [-0.39, 0.29) is 0 Å². The van der Waals surface area contributed by atoms with Gasteiger partial charge in [-0.3, -0.25) is 0 Å². The van der Waals surface area contributed by atoms with Crippen LogP contribution in [0.3, 0.4) is 0 Å². The lowest BCUT2D eigenvalue weighted by Crippen LogP contribution is -2.31. The summed E-state index contributed by atoms with van der Waals surface area (Å²) in [6.45, 7) is 2.92. The molecule has 0 radical (unpaired) electrons. The van der Waals surface area contributed by atoms with Gasteiger partial charge >= 0.3 is 0 Å². The first kappa shape index (κ1) is 9.61. The minimum absolute atomic E-state index is 0.358. The largest absolute Gasteiger partial charge is 0.387 e. The van der Waals surface area contributed by atoms with E-state index < -0.39 is 5.60 Å². The molecule has 14 heavy (non-hydrogen) atoms. The monoisotopic (exact) mass is 198 g/mol. The summed E-state index contributed by atoms with van der Waals surface area (Å²) in [5.74, 6) is 1.18. The third-order valence-corrected chi connectivity index (χ3v) is 2.39. The molecule has 2 heterocycles. The third kappa shape index (κ3) is 1.93. The average Bonchev–Trinajstić information content (AvgIpc) is 2.75. The zero-order valence-electron chi connectivity index (χ0n) is 8.19. The molecule has 1 N–H and O–H groups in total. The van der Waals surface area contributed by atoms with Gasteiger partial charge in [0.05, 0.1) is 18.6 Å². The fraction of sp³-hybridized carbons (Fsp3) is 0.778. The lowest BCUT2D eigenvalue weighted by Gasteiger charge is -2.16. The van der Waals surface area contributed by atoms with Crippen LogP contribution in [0.1, 0.15) is 25.1 Å². The van der Waals surface area contributed by atoms with Crippen molar-refractivity contribution in [1.29, 1.82) is 0 Å². The van der Waals surface area contributed by atoms with Gasteiger partial charge in [-0.25, -0.2) is 0 Å². The number of nitrogens with zero attached hydrogens (tertiary/aromatic N) is 2. The molecule has 0 unspecified atom stereocenters. The number of hydrogen-bond acceptors (Lipinski definition) is 5. The summed E-state index contributed by atoms with van der Waals surface area (Å²) in [4.78, 5) is 4.14. The van der Waals surface area contributed by atoms with Gasteiger partial charge < -0.3 is 14.4 Å². The first-order valence-electron chi connectivity index (χ1n) is 4.83. The molecule has 2 rings (SSSR count). The van der Waals surface area contributed by atoms with Crippen LogP contribution < -0.4 is 0 Å². The molecule has 1 fully saturated rings. The van der Waals surface area contributed by atoms with E-state index in [0.717, 1.165) is 6.42 Å². The predicted molar refractivity (Wildman–Crippen MR) is 47.8 cm³/mol. The number of ether oxygens (including phenoxy) is 1. The predicted octanol–water partition coefficient (Wildman–Crippen LogP) is 0.326. The SMILES string of the molecule is CCc1noc(C[C@@]2(O)CCOC2)n1. The maximum absolute atomic E-state index is 9.97. The van der Waals surface area contributed by atoms with Crippen molar-refractivity contribution in [1.82, 2.24) is 10.1 Å². The molecule has 0 aliphatic carbocycles. The molecule has 0 bridgehead atoms. The summed E-state index contributed by atoms with van der Waals surface area (Å²) >= 11 is 0. The summed E-state index contributed by atoms with van der Waals surface area (Å²) in [5.41, 5.74) is -0.808. The molecular formula is C9H14N2O3. The summed E-state index contributed by atoms with van der Waals surface area (Å²) in [7, 11) is 0. The summed E-state index contributed by atoms with van der Waals surface area (Å²) < 4.78 is 10.1. The Morgan fingerprint density at radius 3 is 3.00 bits per heavy atom. The second kappa shape index (κ2) is 3.67. The van der Waals surface area contributed by atoms with E-state index in [1.165, 1.54) is 0 Å². The van der Waals surface area contributed by atoms with E-state index >= 15 is 0 Å². The van der Waals surface area contributed by atoms with E-state index in [0.29, 0.717) is 37.8 Å². The van der Waals surface area contributed by atoms with Crippen molar-refractivity contribution in [2.45, 2.75) is 31.8 Å². The van der Waals surface area contributed by atoms with Crippen molar-refractivity contribution in [2.24, 2.45) is 0 Å². The topological polar surface area (TPSA) is 68.4 Å². The van der Waals surface area contributed by atoms with Crippen LogP contribution in [0.2, 0.25) is 0 Å². The van der Waals surface area contributed by atoms with E-state index in [1.807, 2.05) is 6.92 Å². The smallest absolute Gasteiger partial charge is 0.229 e. The molecule has 1 atom stereocenters. The second-order valence-electron chi connectivity index (χ2n) is 3.66. The fourth-order valence-corrected chi connectivity index (χ4v) is 1.52. The van der Waals surface area contributed by atoms with Gasteiger partial charge in [-0.15, -0.1) is 0 Å². The first-order valence-corrected chi connectivity index (χ1v) is 4.83. The van der Waals surface area contributed by atoms with Crippen LogP contribution in [-0.2, 0) is 17.6 Å². The van der Waals surface area contributed by atoms with Crippen molar-refractivity contribution in [3.05, 3.63) is 11.7 Å². The molecule has 78 valence electrons. The number of aromatic nitrogens is 2. The molecule has 5 nitrogen and oxygen atoms in total. The molecule has 1 aliphatic rings. The highest BCUT2D eigenvalue weighted by atomic mass is 16.5. The summed E-state index contributed by atoms with van der Waals surface area (Å²) in [5, 5.41) is 13.7. The van der Waals surface area contributed by atoms with Crippen LogP contribution in [0.4, 0.5) is 0 Å². The van der Waals surface area contributed by atoms with Crippen LogP contribution in [-0.4, -0.2) is 34.1 Å². The van der Waals surface area contributed by atoms with Gasteiger partial charge in [-0.2, -0.15) is 4.98 Å².